The molecule has 25 heavy (non-hydrogen) atoms. The monoisotopic (exact) mass is 348 g/mol. The third kappa shape index (κ3) is 3.30. The highest BCUT2D eigenvalue weighted by atomic mass is 19.1. The number of nitrogens with zero attached hydrogens (tertiary/aromatic N) is 3. The number of ether oxygens (including phenoxy) is 1. The predicted molar refractivity (Wildman–Crippen MR) is 84.5 cm³/mol. The smallest absolute Gasteiger partial charge is 0.342 e. The number of hydrogen-bond donors (Lipinski definition) is 1. The number of esters is 1. The molecule has 2 aromatic rings. The standard InChI is InChI=1S/C16H17FN4O4/c1-9-18-14(20-25-9)12-7-4-8-21(12)16(23)19-11-6-3-5-10(17)13(11)15(22)24-2/h3,5-6,12H,4,7-8H2,1-2H3,(H,19,23)/t12-/m0/s1. The molecule has 2 amide bonds. The Morgan fingerprint density at radius 2 is 2.24 bits per heavy atom. The van der Waals surface area contributed by atoms with Crippen LogP contribution in [0.15, 0.2) is 22.7 Å². The van der Waals surface area contributed by atoms with Crippen LogP contribution in [0.25, 0.3) is 0 Å². The first-order valence-electron chi connectivity index (χ1n) is 7.76. The number of urea groups is 1. The number of benzene rings is 1. The van der Waals surface area contributed by atoms with Crippen molar-refractivity contribution in [1.82, 2.24) is 15.0 Å². The summed E-state index contributed by atoms with van der Waals surface area (Å²) < 4.78 is 23.5. The molecule has 0 aliphatic carbocycles. The second-order valence-corrected chi connectivity index (χ2v) is 5.61. The Morgan fingerprint density at radius 1 is 1.44 bits per heavy atom. The fraction of sp³-hybridized carbons (Fsp3) is 0.375. The molecule has 0 saturated carbocycles. The van der Waals surface area contributed by atoms with E-state index in [1.807, 2.05) is 0 Å². The van der Waals surface area contributed by atoms with Crippen LogP contribution in [0.2, 0.25) is 0 Å². The molecule has 0 unspecified atom stereocenters. The van der Waals surface area contributed by atoms with Crippen LogP contribution in [0.3, 0.4) is 0 Å². The molecule has 0 radical (unpaired) electrons. The number of rotatable bonds is 3. The zero-order valence-electron chi connectivity index (χ0n) is 13.8. The lowest BCUT2D eigenvalue weighted by Crippen LogP contribution is -2.35. The van der Waals surface area contributed by atoms with Crippen molar-refractivity contribution in [1.29, 1.82) is 0 Å². The normalized spacial score (nSPS) is 16.8. The second-order valence-electron chi connectivity index (χ2n) is 5.61. The molecule has 0 spiro atoms. The van der Waals surface area contributed by atoms with Crippen LogP contribution in [-0.2, 0) is 4.74 Å². The van der Waals surface area contributed by atoms with E-state index in [-0.39, 0.29) is 17.3 Å². The van der Waals surface area contributed by atoms with Gasteiger partial charge in [-0.2, -0.15) is 4.98 Å². The van der Waals surface area contributed by atoms with Crippen molar-refractivity contribution in [3.8, 4) is 0 Å². The van der Waals surface area contributed by atoms with Gasteiger partial charge in [0.25, 0.3) is 0 Å². The van der Waals surface area contributed by atoms with Crippen LogP contribution in [0, 0.1) is 12.7 Å². The van der Waals surface area contributed by atoms with E-state index in [0.29, 0.717) is 24.7 Å². The zero-order chi connectivity index (χ0) is 18.0. The van der Waals surface area contributed by atoms with Gasteiger partial charge in [0.1, 0.15) is 11.4 Å². The quantitative estimate of drug-likeness (QED) is 0.857. The third-order valence-electron chi connectivity index (χ3n) is 4.00. The van der Waals surface area contributed by atoms with Gasteiger partial charge in [-0.15, -0.1) is 0 Å². The first kappa shape index (κ1) is 16.9. The summed E-state index contributed by atoms with van der Waals surface area (Å²) in [6.45, 7) is 2.16. The van der Waals surface area contributed by atoms with Gasteiger partial charge in [0.05, 0.1) is 18.8 Å². The molecule has 9 heteroatoms. The number of nitrogens with one attached hydrogen (secondary N) is 1. The number of amides is 2. The van der Waals surface area contributed by atoms with Gasteiger partial charge in [-0.25, -0.2) is 14.0 Å². The number of hydrogen-bond acceptors (Lipinski definition) is 6. The van der Waals surface area contributed by atoms with Crippen molar-refractivity contribution in [2.45, 2.75) is 25.8 Å². The number of aryl methyl sites for hydroxylation is 1. The first-order chi connectivity index (χ1) is 12.0. The summed E-state index contributed by atoms with van der Waals surface area (Å²) in [5.74, 6) is -0.783. The number of halogens is 1. The maximum Gasteiger partial charge on any atom is 0.342 e. The summed E-state index contributed by atoms with van der Waals surface area (Å²) in [5, 5.41) is 6.44. The molecule has 1 aromatic carbocycles. The minimum absolute atomic E-state index is 0.0480. The van der Waals surface area contributed by atoms with Crippen molar-refractivity contribution in [3.05, 3.63) is 41.3 Å². The summed E-state index contributed by atoms with van der Waals surface area (Å²) in [6.07, 6.45) is 1.47. The molecule has 1 fully saturated rings. The molecule has 1 aliphatic rings. The molecule has 8 nitrogen and oxygen atoms in total. The minimum Gasteiger partial charge on any atom is -0.465 e. The van der Waals surface area contributed by atoms with Gasteiger partial charge in [0.15, 0.2) is 5.82 Å². The Hall–Kier alpha value is -2.97. The molecule has 1 saturated heterocycles. The summed E-state index contributed by atoms with van der Waals surface area (Å²) in [5.41, 5.74) is -0.267. The lowest BCUT2D eigenvalue weighted by molar-refractivity contribution is 0.0597. The van der Waals surface area contributed by atoms with Gasteiger partial charge >= 0.3 is 12.0 Å². The van der Waals surface area contributed by atoms with Crippen LogP contribution >= 0.6 is 0 Å². The van der Waals surface area contributed by atoms with Crippen molar-refractivity contribution in [2.24, 2.45) is 0 Å². The highest BCUT2D eigenvalue weighted by molar-refractivity contribution is 6.01. The Balaban J connectivity index is 1.83. The number of methoxy groups -OCH3 is 1. The molecule has 0 bridgehead atoms. The summed E-state index contributed by atoms with van der Waals surface area (Å²) in [6, 6.07) is 3.18. The van der Waals surface area contributed by atoms with E-state index in [4.69, 9.17) is 4.52 Å². The number of likely N-dealkylation sites (tertiary alicyclic amines) is 1. The van der Waals surface area contributed by atoms with E-state index in [1.165, 1.54) is 17.0 Å². The third-order valence-corrected chi connectivity index (χ3v) is 4.00. The van der Waals surface area contributed by atoms with Crippen molar-refractivity contribution in [2.75, 3.05) is 19.0 Å². The summed E-state index contributed by atoms with van der Waals surface area (Å²) >= 11 is 0. The van der Waals surface area contributed by atoms with Gasteiger partial charge in [-0.3, -0.25) is 0 Å². The topological polar surface area (TPSA) is 97.6 Å². The molecule has 1 aromatic heterocycles. The maximum atomic E-state index is 14.0. The van der Waals surface area contributed by atoms with Crippen LogP contribution in [0.4, 0.5) is 14.9 Å². The molecule has 1 atom stereocenters. The Labute approximate surface area is 142 Å². The molecular weight excluding hydrogens is 331 g/mol. The van der Waals surface area contributed by atoms with Gasteiger partial charge < -0.3 is 19.5 Å². The molecule has 1 aliphatic heterocycles. The van der Waals surface area contributed by atoms with Gasteiger partial charge in [-0.05, 0) is 25.0 Å². The van der Waals surface area contributed by atoms with Crippen LogP contribution < -0.4 is 5.32 Å². The van der Waals surface area contributed by atoms with Crippen molar-refractivity contribution in [3.63, 3.8) is 0 Å². The van der Waals surface area contributed by atoms with E-state index < -0.39 is 17.8 Å². The van der Waals surface area contributed by atoms with Gasteiger partial charge in [0, 0.05) is 13.5 Å². The fourth-order valence-electron chi connectivity index (χ4n) is 2.85. The van der Waals surface area contributed by atoms with E-state index in [2.05, 4.69) is 20.2 Å². The predicted octanol–water partition coefficient (Wildman–Crippen LogP) is 2.67. The lowest BCUT2D eigenvalue weighted by atomic mass is 10.1. The first-order valence-corrected chi connectivity index (χ1v) is 7.76. The largest absolute Gasteiger partial charge is 0.465 e. The highest BCUT2D eigenvalue weighted by Crippen LogP contribution is 2.31. The minimum atomic E-state index is -0.861. The highest BCUT2D eigenvalue weighted by Gasteiger charge is 2.34. The lowest BCUT2D eigenvalue weighted by Gasteiger charge is -2.23. The van der Waals surface area contributed by atoms with Crippen LogP contribution in [0.5, 0.6) is 0 Å². The molecular formula is C16H17FN4O4. The molecule has 2 heterocycles. The Bertz CT molecular complexity index is 807. The Kier molecular flexibility index (Phi) is 4.64. The second kappa shape index (κ2) is 6.88. The van der Waals surface area contributed by atoms with Crippen molar-refractivity contribution >= 4 is 17.7 Å². The molecule has 132 valence electrons. The number of carbonyl (C=O) groups is 2. The van der Waals surface area contributed by atoms with Crippen LogP contribution in [-0.4, -0.2) is 40.7 Å². The fourth-order valence-corrected chi connectivity index (χ4v) is 2.85. The number of carbonyl (C=O) groups excluding carboxylic acids is 2. The van der Waals surface area contributed by atoms with Crippen LogP contribution in [0.1, 0.15) is 41.0 Å². The van der Waals surface area contributed by atoms with E-state index in [0.717, 1.165) is 19.6 Å². The van der Waals surface area contributed by atoms with Crippen molar-refractivity contribution < 1.29 is 23.2 Å². The molecule has 1 N–H and O–H groups in total. The molecule has 3 rings (SSSR count). The number of aromatic nitrogens is 2. The summed E-state index contributed by atoms with van der Waals surface area (Å²) in [7, 11) is 1.15. The number of anilines is 1. The average Bonchev–Trinajstić information content (AvgIpc) is 3.23. The van der Waals surface area contributed by atoms with Gasteiger partial charge in [0.2, 0.25) is 5.89 Å². The Morgan fingerprint density at radius 3 is 2.92 bits per heavy atom. The van der Waals surface area contributed by atoms with E-state index in [1.54, 1.807) is 6.92 Å². The van der Waals surface area contributed by atoms with Gasteiger partial charge in [-0.1, -0.05) is 11.2 Å². The summed E-state index contributed by atoms with van der Waals surface area (Å²) in [4.78, 5) is 30.1. The van der Waals surface area contributed by atoms with E-state index in [9.17, 15) is 14.0 Å². The SMILES string of the molecule is COC(=O)c1c(F)cccc1NC(=O)N1CCC[C@H]1c1noc(C)n1. The van der Waals surface area contributed by atoms with E-state index >= 15 is 0 Å². The zero-order valence-corrected chi connectivity index (χ0v) is 13.8. The maximum absolute atomic E-state index is 14.0. The average molecular weight is 348 g/mol.